The van der Waals surface area contributed by atoms with E-state index in [0.717, 1.165) is 27.5 Å². The minimum atomic E-state index is -4.02. The summed E-state index contributed by atoms with van der Waals surface area (Å²) in [6, 6.07) is 15.4. The first-order chi connectivity index (χ1) is 14.5. The van der Waals surface area contributed by atoms with E-state index in [1.165, 1.54) is 17.5 Å². The molecule has 2 aromatic carbocycles. The van der Waals surface area contributed by atoms with Gasteiger partial charge in [0, 0.05) is 34.6 Å². The lowest BCUT2D eigenvalue weighted by molar-refractivity contribution is -0.145. The number of ether oxygens (including phenoxy) is 1. The van der Waals surface area contributed by atoms with E-state index < -0.39 is 22.0 Å². The van der Waals surface area contributed by atoms with Gasteiger partial charge in [-0.3, -0.25) is 9.78 Å². The quantitative estimate of drug-likeness (QED) is 0.514. The summed E-state index contributed by atoms with van der Waals surface area (Å²) in [7, 11) is -2.75. The molecule has 5 rings (SSSR count). The third kappa shape index (κ3) is 2.79. The maximum Gasteiger partial charge on any atom is 0.324 e. The van der Waals surface area contributed by atoms with Crippen molar-refractivity contribution in [2.75, 3.05) is 7.11 Å². The van der Waals surface area contributed by atoms with Crippen LogP contribution in [0.15, 0.2) is 65.7 Å². The number of benzene rings is 2. The lowest BCUT2D eigenvalue weighted by Gasteiger charge is -2.33. The summed E-state index contributed by atoms with van der Waals surface area (Å²) in [6.07, 6.45) is 1.80. The smallest absolute Gasteiger partial charge is 0.324 e. The number of nitrogens with zero attached hydrogens (tertiary/aromatic N) is 2. The number of sulfonamides is 1. The Morgan fingerprint density at radius 1 is 1.13 bits per heavy atom. The van der Waals surface area contributed by atoms with Crippen molar-refractivity contribution in [3.63, 3.8) is 0 Å². The number of hydrogen-bond donors (Lipinski definition) is 1. The zero-order valence-corrected chi connectivity index (χ0v) is 17.0. The molecule has 1 aliphatic heterocycles. The molecule has 0 saturated heterocycles. The first-order valence-corrected chi connectivity index (χ1v) is 11.0. The highest BCUT2D eigenvalue weighted by Crippen LogP contribution is 2.35. The van der Waals surface area contributed by atoms with Crippen LogP contribution in [-0.4, -0.2) is 41.8 Å². The van der Waals surface area contributed by atoms with Gasteiger partial charge < -0.3 is 9.72 Å². The molecular formula is C22H19N3O4S. The zero-order chi connectivity index (χ0) is 20.9. The molecule has 8 heteroatoms. The van der Waals surface area contributed by atoms with Crippen molar-refractivity contribution < 1.29 is 17.9 Å². The van der Waals surface area contributed by atoms with Gasteiger partial charge in [0.25, 0.3) is 0 Å². The van der Waals surface area contributed by atoms with Crippen LogP contribution in [-0.2, 0) is 32.5 Å². The first-order valence-electron chi connectivity index (χ1n) is 9.52. The first kappa shape index (κ1) is 18.8. The monoisotopic (exact) mass is 421 g/mol. The Hall–Kier alpha value is -3.23. The van der Waals surface area contributed by atoms with Crippen LogP contribution < -0.4 is 0 Å². The Morgan fingerprint density at radius 2 is 1.93 bits per heavy atom. The molecule has 1 N–H and O–H groups in total. The Morgan fingerprint density at radius 3 is 2.77 bits per heavy atom. The van der Waals surface area contributed by atoms with Crippen LogP contribution in [0, 0.1) is 0 Å². The predicted molar refractivity (Wildman–Crippen MR) is 112 cm³/mol. The van der Waals surface area contributed by atoms with Crippen molar-refractivity contribution in [1.29, 1.82) is 0 Å². The van der Waals surface area contributed by atoms with Crippen molar-refractivity contribution in [2.45, 2.75) is 23.9 Å². The third-order valence-electron chi connectivity index (χ3n) is 5.62. The topological polar surface area (TPSA) is 92.4 Å². The van der Waals surface area contributed by atoms with Gasteiger partial charge in [0.05, 0.1) is 19.2 Å². The second-order valence-corrected chi connectivity index (χ2v) is 9.11. The van der Waals surface area contributed by atoms with E-state index in [1.54, 1.807) is 18.3 Å². The lowest BCUT2D eigenvalue weighted by Crippen LogP contribution is -2.49. The molecule has 0 bridgehead atoms. The molecule has 0 radical (unpaired) electrons. The van der Waals surface area contributed by atoms with E-state index in [1.807, 2.05) is 36.4 Å². The number of carbonyl (C=O) groups is 1. The number of aromatic amines is 1. The van der Waals surface area contributed by atoms with Crippen LogP contribution >= 0.6 is 0 Å². The molecule has 0 spiro atoms. The number of nitrogens with one attached hydrogen (secondary N) is 1. The molecule has 1 aliphatic rings. The van der Waals surface area contributed by atoms with Gasteiger partial charge in [0.1, 0.15) is 10.9 Å². The molecule has 1 atom stereocenters. The number of fused-ring (bicyclic) bond motifs is 4. The van der Waals surface area contributed by atoms with Crippen LogP contribution in [0.2, 0.25) is 0 Å². The number of esters is 1. The Balaban J connectivity index is 1.68. The minimum Gasteiger partial charge on any atom is -0.468 e. The summed E-state index contributed by atoms with van der Waals surface area (Å²) in [5.41, 5.74) is 3.03. The number of rotatable bonds is 3. The number of hydrogen-bond acceptors (Lipinski definition) is 5. The zero-order valence-electron chi connectivity index (χ0n) is 16.2. The lowest BCUT2D eigenvalue weighted by atomic mass is 9.98. The maximum absolute atomic E-state index is 13.7. The number of carbonyl (C=O) groups excluding carboxylic acids is 1. The van der Waals surface area contributed by atoms with Crippen molar-refractivity contribution in [3.05, 3.63) is 72.1 Å². The number of para-hydroxylation sites is 2. The molecule has 2 aromatic heterocycles. The van der Waals surface area contributed by atoms with E-state index in [9.17, 15) is 13.2 Å². The largest absolute Gasteiger partial charge is 0.468 e. The van der Waals surface area contributed by atoms with Crippen molar-refractivity contribution >= 4 is 37.8 Å². The summed E-state index contributed by atoms with van der Waals surface area (Å²) in [4.78, 5) is 20.3. The van der Waals surface area contributed by atoms with E-state index in [2.05, 4.69) is 9.97 Å². The SMILES string of the molecule is COC(=O)C1Cc2c([nH]c3ccccc23)CN1S(=O)(=O)c1cccc2cccnc12. The fourth-order valence-electron chi connectivity index (χ4n) is 4.19. The number of pyridine rings is 1. The Bertz CT molecular complexity index is 1390. The molecule has 3 heterocycles. The summed E-state index contributed by atoms with van der Waals surface area (Å²) in [6.45, 7) is 0.0509. The van der Waals surface area contributed by atoms with Gasteiger partial charge in [0.15, 0.2) is 0 Å². The van der Waals surface area contributed by atoms with Crippen LogP contribution in [0.1, 0.15) is 11.3 Å². The van der Waals surface area contributed by atoms with Gasteiger partial charge in [-0.15, -0.1) is 0 Å². The molecular weight excluding hydrogens is 402 g/mol. The van der Waals surface area contributed by atoms with E-state index in [4.69, 9.17) is 4.74 Å². The molecule has 30 heavy (non-hydrogen) atoms. The second-order valence-electron chi connectivity index (χ2n) is 7.25. The van der Waals surface area contributed by atoms with Crippen molar-refractivity contribution in [3.8, 4) is 0 Å². The molecule has 152 valence electrons. The summed E-state index contributed by atoms with van der Waals surface area (Å²) >= 11 is 0. The van der Waals surface area contributed by atoms with Crippen molar-refractivity contribution in [2.24, 2.45) is 0 Å². The normalized spacial score (nSPS) is 17.2. The van der Waals surface area contributed by atoms with Crippen molar-refractivity contribution in [1.82, 2.24) is 14.3 Å². The van der Waals surface area contributed by atoms with Crippen LogP contribution in [0.4, 0.5) is 0 Å². The van der Waals surface area contributed by atoms with Gasteiger partial charge >= 0.3 is 5.97 Å². The van der Waals surface area contributed by atoms with Crippen LogP contribution in [0.25, 0.3) is 21.8 Å². The molecule has 4 aromatic rings. The standard InChI is InChI=1S/C22H19N3O4S/c1-29-22(26)19-12-16-15-8-2-3-9-17(15)24-18(16)13-25(19)30(27,28)20-10-4-6-14-7-5-11-23-21(14)20/h2-11,19,24H,12-13H2,1H3. The molecule has 7 nitrogen and oxygen atoms in total. The maximum atomic E-state index is 13.7. The predicted octanol–water partition coefficient (Wildman–Crippen LogP) is 3.00. The van der Waals surface area contributed by atoms with Gasteiger partial charge in [-0.2, -0.15) is 4.31 Å². The average Bonchev–Trinajstić information content (AvgIpc) is 3.15. The van der Waals surface area contributed by atoms with Crippen LogP contribution in [0.5, 0.6) is 0 Å². The van der Waals surface area contributed by atoms with E-state index in [0.29, 0.717) is 5.52 Å². The van der Waals surface area contributed by atoms with E-state index in [-0.39, 0.29) is 17.9 Å². The summed E-state index contributed by atoms with van der Waals surface area (Å²) < 4.78 is 33.6. The second kappa shape index (κ2) is 6.93. The molecule has 0 aliphatic carbocycles. The number of H-pyrrole nitrogens is 1. The van der Waals surface area contributed by atoms with E-state index >= 15 is 0 Å². The fourth-order valence-corrected chi connectivity index (χ4v) is 5.90. The van der Waals surface area contributed by atoms with Gasteiger partial charge in [-0.05, 0) is 23.8 Å². The highest BCUT2D eigenvalue weighted by molar-refractivity contribution is 7.89. The molecule has 0 fully saturated rings. The minimum absolute atomic E-state index is 0.0509. The van der Waals surface area contributed by atoms with Gasteiger partial charge in [-0.25, -0.2) is 8.42 Å². The molecule has 0 amide bonds. The highest BCUT2D eigenvalue weighted by Gasteiger charge is 2.42. The Labute approximate surface area is 173 Å². The molecule has 1 unspecified atom stereocenters. The van der Waals surface area contributed by atoms with Gasteiger partial charge in [-0.1, -0.05) is 36.4 Å². The molecule has 0 saturated carbocycles. The van der Waals surface area contributed by atoms with Crippen LogP contribution in [0.3, 0.4) is 0 Å². The average molecular weight is 421 g/mol. The number of aromatic nitrogens is 2. The fraction of sp³-hybridized carbons (Fsp3) is 0.182. The number of methoxy groups -OCH3 is 1. The third-order valence-corrected chi connectivity index (χ3v) is 7.50. The highest BCUT2D eigenvalue weighted by atomic mass is 32.2. The van der Waals surface area contributed by atoms with Gasteiger partial charge in [0.2, 0.25) is 10.0 Å². The Kier molecular flexibility index (Phi) is 4.34. The summed E-state index contributed by atoms with van der Waals surface area (Å²) in [5.74, 6) is -0.581. The summed E-state index contributed by atoms with van der Waals surface area (Å²) in [5, 5.41) is 1.71.